The minimum absolute atomic E-state index is 0.0114. The van der Waals surface area contributed by atoms with Gasteiger partial charge in [0, 0.05) is 32.1 Å². The summed E-state index contributed by atoms with van der Waals surface area (Å²) in [4.78, 5) is 42.6. The summed E-state index contributed by atoms with van der Waals surface area (Å²) >= 11 is 0. The predicted molar refractivity (Wildman–Crippen MR) is 97.7 cm³/mol. The maximum absolute atomic E-state index is 12.7. The summed E-state index contributed by atoms with van der Waals surface area (Å²) in [6.07, 6.45) is 3.17. The molecule has 146 valence electrons. The van der Waals surface area contributed by atoms with Gasteiger partial charge in [-0.1, -0.05) is 24.2 Å². The highest BCUT2D eigenvalue weighted by Gasteiger charge is 2.38. The average Bonchev–Trinajstić information content (AvgIpc) is 2.99. The predicted octanol–water partition coefficient (Wildman–Crippen LogP) is 3.09. The van der Waals surface area contributed by atoms with Crippen molar-refractivity contribution < 1.29 is 23.7 Å². The van der Waals surface area contributed by atoms with Gasteiger partial charge in [0.25, 0.3) is 0 Å². The minimum Gasteiger partial charge on any atom is -0.396 e. The molecule has 7 heteroatoms. The Morgan fingerprint density at radius 3 is 2.81 bits per heavy atom. The number of carbonyl (C=O) groups excluding carboxylic acids is 3. The van der Waals surface area contributed by atoms with E-state index in [9.17, 15) is 14.4 Å². The summed E-state index contributed by atoms with van der Waals surface area (Å²) in [6.45, 7) is 6.24. The van der Waals surface area contributed by atoms with E-state index < -0.39 is 5.92 Å². The summed E-state index contributed by atoms with van der Waals surface area (Å²) in [7, 11) is 0. The van der Waals surface area contributed by atoms with Crippen LogP contribution in [-0.4, -0.2) is 34.8 Å². The molecule has 0 spiro atoms. The fraction of sp³-hybridized carbons (Fsp3) is 0.650. The van der Waals surface area contributed by atoms with Gasteiger partial charge in [0.2, 0.25) is 0 Å². The molecule has 0 radical (unpaired) electrons. The second-order valence-electron chi connectivity index (χ2n) is 8.09. The number of aromatic nitrogens is 1. The Bertz CT molecular complexity index is 790. The van der Waals surface area contributed by atoms with Gasteiger partial charge in [-0.25, -0.2) is 0 Å². The Kier molecular flexibility index (Phi) is 5.58. The van der Waals surface area contributed by atoms with Crippen molar-refractivity contribution in [2.24, 2.45) is 16.5 Å². The molecule has 1 atom stereocenters. The first-order valence-corrected chi connectivity index (χ1v) is 9.57. The third-order valence-electron chi connectivity index (χ3n) is 5.14. The van der Waals surface area contributed by atoms with Crippen LogP contribution in [-0.2, 0) is 27.3 Å². The molecule has 2 aliphatic rings. The summed E-state index contributed by atoms with van der Waals surface area (Å²) in [5.74, 6) is -0.519. The molecule has 0 aliphatic heterocycles. The van der Waals surface area contributed by atoms with E-state index in [1.807, 2.05) is 13.8 Å². The molecule has 27 heavy (non-hydrogen) atoms. The van der Waals surface area contributed by atoms with Gasteiger partial charge in [-0.15, -0.1) is 0 Å². The Hall–Kier alpha value is -2.31. The fourth-order valence-electron chi connectivity index (χ4n) is 3.91. The molecular formula is C20H26N2O5. The maximum Gasteiger partial charge on any atom is 0.168 e. The van der Waals surface area contributed by atoms with Crippen LogP contribution in [0.2, 0.25) is 0 Å². The molecule has 0 aromatic carbocycles. The van der Waals surface area contributed by atoms with Crippen LogP contribution in [0.25, 0.3) is 0 Å². The van der Waals surface area contributed by atoms with E-state index in [-0.39, 0.29) is 35.6 Å². The summed E-state index contributed by atoms with van der Waals surface area (Å²) in [6, 6.07) is 0. The Morgan fingerprint density at radius 2 is 2.07 bits per heavy atom. The van der Waals surface area contributed by atoms with Gasteiger partial charge < -0.3 is 9.36 Å². The van der Waals surface area contributed by atoms with Crippen molar-refractivity contribution in [2.75, 3.05) is 6.61 Å². The standard InChI is InChI=1S/C20H26N2O5/c1-4-26-21-12-6-5-7-14(23)18(12)15(24)9-8-13-19-16(25)10-20(2,3)11-17(19)27-22-13/h18H,4-11H2,1-3H3. The van der Waals surface area contributed by atoms with Crippen LogP contribution in [0.3, 0.4) is 0 Å². The zero-order valence-electron chi connectivity index (χ0n) is 16.2. The van der Waals surface area contributed by atoms with Crippen molar-refractivity contribution in [3.8, 4) is 0 Å². The van der Waals surface area contributed by atoms with E-state index in [0.717, 1.165) is 0 Å². The molecule has 0 amide bonds. The van der Waals surface area contributed by atoms with Crippen LogP contribution in [0, 0.1) is 11.3 Å². The highest BCUT2D eigenvalue weighted by Crippen LogP contribution is 2.36. The lowest BCUT2D eigenvalue weighted by Gasteiger charge is -2.26. The monoisotopic (exact) mass is 374 g/mol. The molecule has 0 saturated heterocycles. The number of nitrogens with zero attached hydrogens (tertiary/aromatic N) is 2. The van der Waals surface area contributed by atoms with Crippen molar-refractivity contribution in [3.05, 3.63) is 17.0 Å². The SMILES string of the molecule is CCON=C1CCCC(=O)C1C(=O)CCc1noc2c1C(=O)CC(C)(C)C2. The summed E-state index contributed by atoms with van der Waals surface area (Å²) < 4.78 is 5.37. The summed E-state index contributed by atoms with van der Waals surface area (Å²) in [5.41, 5.74) is 1.42. The van der Waals surface area contributed by atoms with Gasteiger partial charge in [-0.3, -0.25) is 14.4 Å². The lowest BCUT2D eigenvalue weighted by Crippen LogP contribution is -2.36. The Balaban J connectivity index is 1.72. The summed E-state index contributed by atoms with van der Waals surface area (Å²) in [5, 5.41) is 8.02. The molecule has 1 aromatic rings. The van der Waals surface area contributed by atoms with E-state index >= 15 is 0 Å². The van der Waals surface area contributed by atoms with E-state index in [1.54, 1.807) is 6.92 Å². The van der Waals surface area contributed by atoms with Crippen molar-refractivity contribution >= 4 is 23.1 Å². The second-order valence-corrected chi connectivity index (χ2v) is 8.09. The highest BCUT2D eigenvalue weighted by molar-refractivity contribution is 6.22. The molecule has 1 heterocycles. The van der Waals surface area contributed by atoms with Crippen molar-refractivity contribution in [3.63, 3.8) is 0 Å². The first-order chi connectivity index (χ1) is 12.8. The third kappa shape index (κ3) is 4.17. The molecule has 7 nitrogen and oxygen atoms in total. The number of oxime groups is 1. The lowest BCUT2D eigenvalue weighted by atomic mass is 9.75. The van der Waals surface area contributed by atoms with Crippen LogP contribution in [0.15, 0.2) is 9.68 Å². The first kappa shape index (κ1) is 19.5. The minimum atomic E-state index is -0.831. The molecule has 3 rings (SSSR count). The quantitative estimate of drug-likeness (QED) is 0.560. The van der Waals surface area contributed by atoms with Gasteiger partial charge in [-0.2, -0.15) is 0 Å². The first-order valence-electron chi connectivity index (χ1n) is 9.57. The normalized spacial score (nSPS) is 23.4. The molecule has 1 saturated carbocycles. The molecular weight excluding hydrogens is 348 g/mol. The van der Waals surface area contributed by atoms with Crippen LogP contribution < -0.4 is 0 Å². The number of Topliss-reactive ketones (excluding diaryl/α,β-unsaturated/α-hetero) is 3. The van der Waals surface area contributed by atoms with Gasteiger partial charge >= 0.3 is 0 Å². The average molecular weight is 374 g/mol. The number of ketones is 3. The van der Waals surface area contributed by atoms with Gasteiger partial charge in [0.05, 0.1) is 17.0 Å². The second kappa shape index (κ2) is 7.74. The Morgan fingerprint density at radius 1 is 1.30 bits per heavy atom. The van der Waals surface area contributed by atoms with Gasteiger partial charge in [0.1, 0.15) is 29.9 Å². The van der Waals surface area contributed by atoms with E-state index in [2.05, 4.69) is 10.3 Å². The van der Waals surface area contributed by atoms with Gasteiger partial charge in [0.15, 0.2) is 5.78 Å². The van der Waals surface area contributed by atoms with E-state index in [1.165, 1.54) is 0 Å². The molecule has 2 aliphatic carbocycles. The molecule has 1 fully saturated rings. The topological polar surface area (TPSA) is 98.8 Å². The molecule has 0 N–H and O–H groups in total. The van der Waals surface area contributed by atoms with Crippen molar-refractivity contribution in [1.82, 2.24) is 5.16 Å². The molecule has 1 unspecified atom stereocenters. The third-order valence-corrected chi connectivity index (χ3v) is 5.14. The van der Waals surface area contributed by atoms with Crippen LogP contribution in [0.1, 0.15) is 74.7 Å². The number of rotatable bonds is 6. The molecule has 1 aromatic heterocycles. The number of hydrogen-bond donors (Lipinski definition) is 0. The zero-order chi connectivity index (χ0) is 19.6. The number of fused-ring (bicyclic) bond motifs is 1. The number of aryl methyl sites for hydroxylation is 1. The Labute approximate surface area is 158 Å². The van der Waals surface area contributed by atoms with Crippen molar-refractivity contribution in [2.45, 2.75) is 65.7 Å². The van der Waals surface area contributed by atoms with Crippen LogP contribution >= 0.6 is 0 Å². The van der Waals surface area contributed by atoms with Crippen LogP contribution in [0.4, 0.5) is 0 Å². The van der Waals surface area contributed by atoms with E-state index in [0.29, 0.717) is 61.4 Å². The van der Waals surface area contributed by atoms with Gasteiger partial charge in [-0.05, 0) is 25.2 Å². The maximum atomic E-state index is 12.7. The number of carbonyl (C=O) groups is 3. The number of hydrogen-bond acceptors (Lipinski definition) is 7. The highest BCUT2D eigenvalue weighted by atomic mass is 16.6. The smallest absolute Gasteiger partial charge is 0.168 e. The zero-order valence-corrected chi connectivity index (χ0v) is 16.2. The van der Waals surface area contributed by atoms with Crippen molar-refractivity contribution in [1.29, 1.82) is 0 Å². The lowest BCUT2D eigenvalue weighted by molar-refractivity contribution is -0.130. The molecule has 0 bridgehead atoms. The van der Waals surface area contributed by atoms with E-state index in [4.69, 9.17) is 9.36 Å². The fourth-order valence-corrected chi connectivity index (χ4v) is 3.91. The largest absolute Gasteiger partial charge is 0.396 e. The van der Waals surface area contributed by atoms with Crippen LogP contribution in [0.5, 0.6) is 0 Å².